The van der Waals surface area contributed by atoms with Crippen molar-refractivity contribution in [1.29, 1.82) is 0 Å². The van der Waals surface area contributed by atoms with Crippen LogP contribution < -0.4 is 17.2 Å². The van der Waals surface area contributed by atoms with Gasteiger partial charge < -0.3 is 26.7 Å². The first-order valence-corrected chi connectivity index (χ1v) is 8.67. The van der Waals surface area contributed by atoms with Crippen LogP contribution in [0.3, 0.4) is 0 Å². The third-order valence-corrected chi connectivity index (χ3v) is 3.98. The Kier molecular flexibility index (Phi) is 6.90. The first kappa shape index (κ1) is 20.1. The molecule has 26 heavy (non-hydrogen) atoms. The van der Waals surface area contributed by atoms with E-state index in [-0.39, 0.29) is 0 Å². The Hall–Kier alpha value is -2.22. The number of hydrogen-bond donors (Lipinski definition) is 3. The molecule has 2 aromatic rings. The van der Waals surface area contributed by atoms with Gasteiger partial charge in [0.05, 0.1) is 36.8 Å². The summed E-state index contributed by atoms with van der Waals surface area (Å²) in [5.41, 5.74) is 20.5. The fraction of sp³-hybridized carbons (Fsp3) is 0.474. The summed E-state index contributed by atoms with van der Waals surface area (Å²) in [6.45, 7) is 7.54. The van der Waals surface area contributed by atoms with Crippen LogP contribution in [-0.2, 0) is 22.7 Å². The van der Waals surface area contributed by atoms with Gasteiger partial charge in [-0.05, 0) is 69.1 Å². The standard InChI is InChI=1S/C19H29N5O2/c1-13-6-15(23-17(21)8-13)10-25-12-19(3,4-5-20)26-11-16-7-14(2)9-18(22)24-16/h6-9H,4-5,10-12,20H2,1-3H3,(H2,21,23)(H2,22,24)/t19-/m1/s1. The number of aryl methyl sites for hydroxylation is 2. The molecule has 0 saturated heterocycles. The van der Waals surface area contributed by atoms with Gasteiger partial charge in [-0.3, -0.25) is 0 Å². The maximum Gasteiger partial charge on any atom is 0.123 e. The summed E-state index contributed by atoms with van der Waals surface area (Å²) >= 11 is 0. The zero-order chi connectivity index (χ0) is 19.2. The molecule has 142 valence electrons. The number of aromatic nitrogens is 2. The quantitative estimate of drug-likeness (QED) is 0.626. The van der Waals surface area contributed by atoms with Crippen LogP contribution in [0, 0.1) is 13.8 Å². The second-order valence-corrected chi connectivity index (χ2v) is 6.89. The molecule has 0 fully saturated rings. The molecule has 2 heterocycles. The van der Waals surface area contributed by atoms with Gasteiger partial charge in [-0.15, -0.1) is 0 Å². The minimum atomic E-state index is -0.524. The molecule has 0 aliphatic rings. The lowest BCUT2D eigenvalue weighted by Crippen LogP contribution is -2.37. The van der Waals surface area contributed by atoms with Crippen molar-refractivity contribution in [3.63, 3.8) is 0 Å². The van der Waals surface area contributed by atoms with Crippen molar-refractivity contribution in [2.24, 2.45) is 5.73 Å². The second-order valence-electron chi connectivity index (χ2n) is 6.89. The molecule has 0 saturated carbocycles. The topological polar surface area (TPSA) is 122 Å². The van der Waals surface area contributed by atoms with Crippen LogP contribution in [0.25, 0.3) is 0 Å². The molecular weight excluding hydrogens is 330 g/mol. The average molecular weight is 359 g/mol. The lowest BCUT2D eigenvalue weighted by Gasteiger charge is -2.29. The van der Waals surface area contributed by atoms with Gasteiger partial charge in [-0.1, -0.05) is 0 Å². The Balaban J connectivity index is 1.94. The van der Waals surface area contributed by atoms with E-state index >= 15 is 0 Å². The van der Waals surface area contributed by atoms with Crippen molar-refractivity contribution in [2.45, 2.75) is 46.0 Å². The van der Waals surface area contributed by atoms with Gasteiger partial charge in [0.1, 0.15) is 11.6 Å². The van der Waals surface area contributed by atoms with Crippen molar-refractivity contribution < 1.29 is 9.47 Å². The number of nitrogens with zero attached hydrogens (tertiary/aromatic N) is 2. The van der Waals surface area contributed by atoms with E-state index in [9.17, 15) is 0 Å². The summed E-state index contributed by atoms with van der Waals surface area (Å²) in [6, 6.07) is 7.56. The summed E-state index contributed by atoms with van der Waals surface area (Å²) < 4.78 is 11.9. The summed E-state index contributed by atoms with van der Waals surface area (Å²) in [5.74, 6) is 0.983. The van der Waals surface area contributed by atoms with Crippen LogP contribution in [0.5, 0.6) is 0 Å². The third kappa shape index (κ3) is 6.25. The predicted octanol–water partition coefficient (Wildman–Crippen LogP) is 2.10. The highest BCUT2D eigenvalue weighted by atomic mass is 16.5. The zero-order valence-electron chi connectivity index (χ0n) is 15.8. The fourth-order valence-corrected chi connectivity index (χ4v) is 2.80. The molecule has 2 aromatic heterocycles. The molecule has 7 nitrogen and oxygen atoms in total. The highest BCUT2D eigenvalue weighted by molar-refractivity contribution is 5.34. The number of rotatable bonds is 9. The predicted molar refractivity (Wildman–Crippen MR) is 103 cm³/mol. The van der Waals surface area contributed by atoms with Crippen LogP contribution in [0.15, 0.2) is 24.3 Å². The normalized spacial score (nSPS) is 13.5. The molecule has 0 aliphatic heterocycles. The largest absolute Gasteiger partial charge is 0.384 e. The van der Waals surface area contributed by atoms with Crippen molar-refractivity contribution in [1.82, 2.24) is 9.97 Å². The molecule has 0 amide bonds. The summed E-state index contributed by atoms with van der Waals surface area (Å²) in [6.07, 6.45) is 0.664. The number of hydrogen-bond acceptors (Lipinski definition) is 7. The molecule has 0 aromatic carbocycles. The van der Waals surface area contributed by atoms with E-state index in [1.807, 2.05) is 45.0 Å². The van der Waals surface area contributed by atoms with Gasteiger partial charge >= 0.3 is 0 Å². The van der Waals surface area contributed by atoms with Gasteiger partial charge in [0, 0.05) is 0 Å². The maximum absolute atomic E-state index is 6.08. The molecule has 0 unspecified atom stereocenters. The van der Waals surface area contributed by atoms with Gasteiger partial charge in [0.15, 0.2) is 0 Å². The Morgan fingerprint density at radius 3 is 1.96 bits per heavy atom. The van der Waals surface area contributed by atoms with Gasteiger partial charge in [0.25, 0.3) is 0 Å². The van der Waals surface area contributed by atoms with E-state index in [2.05, 4.69) is 9.97 Å². The van der Waals surface area contributed by atoms with Gasteiger partial charge in [0.2, 0.25) is 0 Å². The Morgan fingerprint density at radius 1 is 0.923 bits per heavy atom. The van der Waals surface area contributed by atoms with Crippen molar-refractivity contribution in [3.05, 3.63) is 46.8 Å². The Bertz CT molecular complexity index is 697. The van der Waals surface area contributed by atoms with E-state index in [4.69, 9.17) is 26.7 Å². The monoisotopic (exact) mass is 359 g/mol. The summed E-state index contributed by atoms with van der Waals surface area (Å²) in [4.78, 5) is 8.58. The van der Waals surface area contributed by atoms with E-state index in [0.29, 0.717) is 44.4 Å². The molecule has 1 atom stereocenters. The number of anilines is 2. The van der Waals surface area contributed by atoms with Crippen LogP contribution in [0.4, 0.5) is 11.6 Å². The molecule has 6 N–H and O–H groups in total. The van der Waals surface area contributed by atoms with Crippen LogP contribution >= 0.6 is 0 Å². The molecule has 7 heteroatoms. The maximum atomic E-state index is 6.08. The minimum absolute atomic E-state index is 0.349. The SMILES string of the molecule is Cc1cc(N)nc(COC[C@@](C)(CCN)OCc2cc(C)cc(N)n2)c1. The summed E-state index contributed by atoms with van der Waals surface area (Å²) in [7, 11) is 0. The van der Waals surface area contributed by atoms with Gasteiger partial charge in [-0.25, -0.2) is 9.97 Å². The molecule has 0 aliphatic carbocycles. The van der Waals surface area contributed by atoms with Crippen molar-refractivity contribution in [2.75, 3.05) is 24.6 Å². The molecule has 0 bridgehead atoms. The number of pyridine rings is 2. The third-order valence-electron chi connectivity index (χ3n) is 3.98. The molecule has 2 rings (SSSR count). The van der Waals surface area contributed by atoms with Crippen LogP contribution in [0.2, 0.25) is 0 Å². The van der Waals surface area contributed by atoms with Crippen LogP contribution in [-0.4, -0.2) is 28.7 Å². The smallest absolute Gasteiger partial charge is 0.123 e. The number of nitrogen functional groups attached to an aromatic ring is 2. The molecular formula is C19H29N5O2. The van der Waals surface area contributed by atoms with E-state index < -0.39 is 5.60 Å². The van der Waals surface area contributed by atoms with Crippen molar-refractivity contribution in [3.8, 4) is 0 Å². The van der Waals surface area contributed by atoms with E-state index in [1.54, 1.807) is 0 Å². The molecule has 0 spiro atoms. The first-order valence-electron chi connectivity index (χ1n) is 8.67. The highest BCUT2D eigenvalue weighted by Crippen LogP contribution is 2.19. The lowest BCUT2D eigenvalue weighted by molar-refractivity contribution is -0.103. The Labute approximate surface area is 154 Å². The zero-order valence-corrected chi connectivity index (χ0v) is 15.8. The lowest BCUT2D eigenvalue weighted by atomic mass is 10.0. The van der Waals surface area contributed by atoms with Crippen molar-refractivity contribution >= 4 is 11.6 Å². The van der Waals surface area contributed by atoms with Gasteiger partial charge in [-0.2, -0.15) is 0 Å². The van der Waals surface area contributed by atoms with E-state index in [1.165, 1.54) is 0 Å². The molecule has 0 radical (unpaired) electrons. The number of ether oxygens (including phenoxy) is 2. The average Bonchev–Trinajstić information content (AvgIpc) is 2.51. The highest BCUT2D eigenvalue weighted by Gasteiger charge is 2.25. The Morgan fingerprint density at radius 2 is 1.46 bits per heavy atom. The minimum Gasteiger partial charge on any atom is -0.384 e. The fourth-order valence-electron chi connectivity index (χ4n) is 2.80. The van der Waals surface area contributed by atoms with E-state index in [0.717, 1.165) is 22.5 Å². The van der Waals surface area contributed by atoms with Crippen LogP contribution in [0.1, 0.15) is 35.9 Å². The summed E-state index contributed by atoms with van der Waals surface area (Å²) in [5, 5.41) is 0. The number of nitrogens with two attached hydrogens (primary N) is 3. The first-order chi connectivity index (χ1) is 12.3. The second kappa shape index (κ2) is 8.93.